The number of carbonyl (C=O) groups excluding carboxylic acids is 2. The van der Waals surface area contributed by atoms with Crippen molar-refractivity contribution in [3.8, 4) is 0 Å². The Morgan fingerprint density at radius 3 is 2.30 bits per heavy atom. The van der Waals surface area contributed by atoms with Crippen LogP contribution in [0.4, 0.5) is 14.5 Å². The third kappa shape index (κ3) is 8.45. The number of aryl methyl sites for hydroxylation is 1. The summed E-state index contributed by atoms with van der Waals surface area (Å²) in [6, 6.07) is 14.0. The van der Waals surface area contributed by atoms with Crippen LogP contribution >= 0.6 is 23.5 Å². The molecular formula is C19H19F2NO3S2. The number of carbonyl (C=O) groups is 2. The molecule has 0 aromatic heterocycles. The van der Waals surface area contributed by atoms with Gasteiger partial charge in [-0.15, -0.1) is 11.8 Å². The first-order chi connectivity index (χ1) is 12.9. The van der Waals surface area contributed by atoms with Crippen LogP contribution in [0.25, 0.3) is 0 Å². The molecule has 0 aliphatic heterocycles. The SMILES string of the molecule is Cc1ccc(SCCC(=O)OCC(=O)Nc2ccc(SC(F)F)cc2)cc1. The van der Waals surface area contributed by atoms with Crippen molar-refractivity contribution >= 4 is 41.1 Å². The Balaban J connectivity index is 1.65. The topological polar surface area (TPSA) is 55.4 Å². The van der Waals surface area contributed by atoms with Gasteiger partial charge in [0.15, 0.2) is 6.61 Å². The van der Waals surface area contributed by atoms with E-state index in [9.17, 15) is 18.4 Å². The van der Waals surface area contributed by atoms with Gasteiger partial charge < -0.3 is 10.1 Å². The number of benzene rings is 2. The van der Waals surface area contributed by atoms with E-state index < -0.39 is 17.6 Å². The summed E-state index contributed by atoms with van der Waals surface area (Å²) >= 11 is 1.97. The van der Waals surface area contributed by atoms with E-state index in [4.69, 9.17) is 4.74 Å². The van der Waals surface area contributed by atoms with Gasteiger partial charge in [-0.3, -0.25) is 9.59 Å². The van der Waals surface area contributed by atoms with Gasteiger partial charge in [0.2, 0.25) is 0 Å². The van der Waals surface area contributed by atoms with Crippen LogP contribution in [-0.2, 0) is 14.3 Å². The Labute approximate surface area is 165 Å². The van der Waals surface area contributed by atoms with E-state index in [-0.39, 0.29) is 13.0 Å². The molecular weight excluding hydrogens is 392 g/mol. The van der Waals surface area contributed by atoms with Gasteiger partial charge in [-0.25, -0.2) is 0 Å². The van der Waals surface area contributed by atoms with Gasteiger partial charge in [0.25, 0.3) is 11.7 Å². The molecule has 0 radical (unpaired) electrons. The number of rotatable bonds is 9. The normalized spacial score (nSPS) is 10.7. The van der Waals surface area contributed by atoms with Crippen molar-refractivity contribution in [1.82, 2.24) is 0 Å². The minimum Gasteiger partial charge on any atom is -0.456 e. The molecule has 0 bridgehead atoms. The molecule has 0 atom stereocenters. The summed E-state index contributed by atoms with van der Waals surface area (Å²) in [7, 11) is 0. The van der Waals surface area contributed by atoms with Crippen molar-refractivity contribution in [1.29, 1.82) is 0 Å². The second-order valence-electron chi connectivity index (χ2n) is 5.52. The first-order valence-corrected chi connectivity index (χ1v) is 9.99. The van der Waals surface area contributed by atoms with Crippen molar-refractivity contribution < 1.29 is 23.1 Å². The van der Waals surface area contributed by atoms with Crippen LogP contribution in [0.2, 0.25) is 0 Å². The molecule has 0 fully saturated rings. The average Bonchev–Trinajstić information content (AvgIpc) is 2.63. The monoisotopic (exact) mass is 411 g/mol. The quantitative estimate of drug-likeness (QED) is 0.466. The third-order valence-corrected chi connectivity index (χ3v) is 5.06. The molecule has 0 spiro atoms. The van der Waals surface area contributed by atoms with Crippen LogP contribution in [0.1, 0.15) is 12.0 Å². The lowest BCUT2D eigenvalue weighted by Crippen LogP contribution is -2.21. The van der Waals surface area contributed by atoms with Crippen LogP contribution in [0.5, 0.6) is 0 Å². The molecule has 2 rings (SSSR count). The number of alkyl halides is 2. The lowest BCUT2D eigenvalue weighted by atomic mass is 10.2. The molecule has 0 saturated heterocycles. The minimum atomic E-state index is -2.49. The number of hydrogen-bond acceptors (Lipinski definition) is 5. The van der Waals surface area contributed by atoms with E-state index >= 15 is 0 Å². The Hall–Kier alpha value is -2.06. The fourth-order valence-electron chi connectivity index (χ4n) is 2.02. The number of amides is 1. The first-order valence-electron chi connectivity index (χ1n) is 8.12. The zero-order valence-electron chi connectivity index (χ0n) is 14.6. The highest BCUT2D eigenvalue weighted by Gasteiger charge is 2.09. The lowest BCUT2D eigenvalue weighted by molar-refractivity contribution is -0.146. The Morgan fingerprint density at radius 1 is 1.04 bits per heavy atom. The largest absolute Gasteiger partial charge is 0.456 e. The number of halogens is 2. The molecule has 1 N–H and O–H groups in total. The van der Waals surface area contributed by atoms with E-state index in [0.717, 1.165) is 4.90 Å². The summed E-state index contributed by atoms with van der Waals surface area (Å²) in [6.45, 7) is 1.62. The number of hydrogen-bond donors (Lipinski definition) is 1. The smallest absolute Gasteiger partial charge is 0.307 e. The van der Waals surface area contributed by atoms with Crippen molar-refractivity contribution in [2.24, 2.45) is 0 Å². The predicted octanol–water partition coefficient (Wildman–Crippen LogP) is 4.97. The Kier molecular flexibility index (Phi) is 8.60. The van der Waals surface area contributed by atoms with E-state index in [2.05, 4.69) is 5.32 Å². The highest BCUT2D eigenvalue weighted by Crippen LogP contribution is 2.26. The van der Waals surface area contributed by atoms with Gasteiger partial charge >= 0.3 is 5.97 Å². The van der Waals surface area contributed by atoms with E-state index in [1.807, 2.05) is 31.2 Å². The van der Waals surface area contributed by atoms with Crippen LogP contribution in [0, 0.1) is 6.92 Å². The van der Waals surface area contributed by atoms with E-state index in [0.29, 0.717) is 28.1 Å². The molecule has 2 aromatic carbocycles. The number of thioether (sulfide) groups is 2. The van der Waals surface area contributed by atoms with Crippen LogP contribution < -0.4 is 5.32 Å². The number of anilines is 1. The fourth-order valence-corrected chi connectivity index (χ4v) is 3.35. The fraction of sp³-hybridized carbons (Fsp3) is 0.263. The standard InChI is InChI=1S/C19H19F2NO3S2/c1-13-2-6-15(7-3-13)26-11-10-18(24)25-12-17(23)22-14-4-8-16(9-5-14)27-19(20)21/h2-9,19H,10-12H2,1H3,(H,22,23). The average molecular weight is 411 g/mol. The molecule has 144 valence electrons. The van der Waals surface area contributed by atoms with Gasteiger partial charge in [0.05, 0.1) is 6.42 Å². The zero-order valence-corrected chi connectivity index (χ0v) is 16.2. The van der Waals surface area contributed by atoms with Gasteiger partial charge in [0, 0.05) is 21.2 Å². The minimum absolute atomic E-state index is 0.200. The van der Waals surface area contributed by atoms with Gasteiger partial charge in [-0.05, 0) is 43.3 Å². The van der Waals surface area contributed by atoms with Gasteiger partial charge in [-0.2, -0.15) is 8.78 Å². The molecule has 27 heavy (non-hydrogen) atoms. The number of esters is 1. The first kappa shape index (κ1) is 21.2. The lowest BCUT2D eigenvalue weighted by Gasteiger charge is -2.07. The molecule has 1 amide bonds. The van der Waals surface area contributed by atoms with E-state index in [1.54, 1.807) is 11.8 Å². The Bertz CT molecular complexity index is 753. The number of ether oxygens (including phenoxy) is 1. The summed E-state index contributed by atoms with van der Waals surface area (Å²) in [4.78, 5) is 25.0. The van der Waals surface area contributed by atoms with Crippen molar-refractivity contribution in [2.75, 3.05) is 17.7 Å². The summed E-state index contributed by atoms with van der Waals surface area (Å²) in [5, 5.41) is 2.55. The molecule has 4 nitrogen and oxygen atoms in total. The van der Waals surface area contributed by atoms with Crippen molar-refractivity contribution in [2.45, 2.75) is 28.9 Å². The molecule has 0 unspecified atom stereocenters. The second-order valence-corrected chi connectivity index (χ2v) is 7.76. The molecule has 0 saturated carbocycles. The summed E-state index contributed by atoms with van der Waals surface area (Å²) < 4.78 is 29.4. The van der Waals surface area contributed by atoms with Gasteiger partial charge in [-0.1, -0.05) is 29.5 Å². The highest BCUT2D eigenvalue weighted by atomic mass is 32.2. The van der Waals surface area contributed by atoms with Crippen molar-refractivity contribution in [3.63, 3.8) is 0 Å². The summed E-state index contributed by atoms with van der Waals surface area (Å²) in [5.74, 6) is -2.86. The summed E-state index contributed by atoms with van der Waals surface area (Å²) in [6.07, 6.45) is 0.200. The van der Waals surface area contributed by atoms with Crippen LogP contribution in [-0.4, -0.2) is 30.0 Å². The molecule has 0 aliphatic carbocycles. The summed E-state index contributed by atoms with van der Waals surface area (Å²) in [5.41, 5.74) is 1.62. The Morgan fingerprint density at radius 2 is 1.67 bits per heavy atom. The predicted molar refractivity (Wildman–Crippen MR) is 104 cm³/mol. The highest BCUT2D eigenvalue weighted by molar-refractivity contribution is 7.99. The van der Waals surface area contributed by atoms with Crippen LogP contribution in [0.15, 0.2) is 58.3 Å². The third-order valence-electron chi connectivity index (χ3n) is 3.32. The van der Waals surface area contributed by atoms with E-state index in [1.165, 1.54) is 29.8 Å². The maximum Gasteiger partial charge on any atom is 0.307 e. The molecule has 8 heteroatoms. The molecule has 0 aliphatic rings. The molecule has 2 aromatic rings. The van der Waals surface area contributed by atoms with Gasteiger partial charge in [0.1, 0.15) is 0 Å². The maximum absolute atomic E-state index is 12.3. The number of nitrogens with one attached hydrogen (secondary N) is 1. The second kappa shape index (κ2) is 10.9. The van der Waals surface area contributed by atoms with Crippen molar-refractivity contribution in [3.05, 3.63) is 54.1 Å². The molecule has 0 heterocycles. The zero-order chi connectivity index (χ0) is 19.6. The maximum atomic E-state index is 12.3. The van der Waals surface area contributed by atoms with Crippen LogP contribution in [0.3, 0.4) is 0 Å².